The standard InChI is InChI=1S/C12H10N4O3/c17-5-1-2-9-6-13-4-3-10(9)12(18)14-7-11-15-8-19-16-11/h3-4,6,8,17H,5,7H2,(H,14,18). The molecule has 2 rings (SSSR count). The summed E-state index contributed by atoms with van der Waals surface area (Å²) >= 11 is 0. The number of aromatic nitrogens is 3. The maximum atomic E-state index is 12.0. The van der Waals surface area contributed by atoms with Crippen molar-refractivity contribution in [3.63, 3.8) is 0 Å². The summed E-state index contributed by atoms with van der Waals surface area (Å²) in [5.74, 6) is 5.19. The van der Waals surface area contributed by atoms with E-state index in [9.17, 15) is 4.79 Å². The lowest BCUT2D eigenvalue weighted by Gasteiger charge is -2.04. The summed E-state index contributed by atoms with van der Waals surface area (Å²) in [7, 11) is 0. The number of nitrogens with one attached hydrogen (secondary N) is 1. The van der Waals surface area contributed by atoms with Crippen molar-refractivity contribution in [2.24, 2.45) is 0 Å². The Kier molecular flexibility index (Phi) is 4.21. The lowest BCUT2D eigenvalue weighted by Crippen LogP contribution is -2.24. The predicted octanol–water partition coefficient (Wildman–Crippen LogP) is -0.262. The topological polar surface area (TPSA) is 101 Å². The minimum absolute atomic E-state index is 0.157. The van der Waals surface area contributed by atoms with Gasteiger partial charge in [0, 0.05) is 12.4 Å². The first-order valence-electron chi connectivity index (χ1n) is 5.38. The van der Waals surface area contributed by atoms with Gasteiger partial charge in [0.25, 0.3) is 5.91 Å². The van der Waals surface area contributed by atoms with Gasteiger partial charge in [0.05, 0.1) is 17.7 Å². The number of nitrogens with zero attached hydrogens (tertiary/aromatic N) is 3. The summed E-state index contributed by atoms with van der Waals surface area (Å²) in [6.45, 7) is -0.122. The minimum atomic E-state index is -0.325. The average molecular weight is 258 g/mol. The molecule has 7 heteroatoms. The molecular formula is C12H10N4O3. The van der Waals surface area contributed by atoms with Gasteiger partial charge < -0.3 is 14.9 Å². The van der Waals surface area contributed by atoms with Crippen LogP contribution in [0.15, 0.2) is 29.4 Å². The van der Waals surface area contributed by atoms with Crippen molar-refractivity contribution in [3.8, 4) is 11.8 Å². The average Bonchev–Trinajstić information content (AvgIpc) is 2.96. The van der Waals surface area contributed by atoms with E-state index in [-0.39, 0.29) is 19.1 Å². The van der Waals surface area contributed by atoms with Gasteiger partial charge in [0.1, 0.15) is 6.61 Å². The van der Waals surface area contributed by atoms with Crippen LogP contribution in [-0.2, 0) is 6.54 Å². The summed E-state index contributed by atoms with van der Waals surface area (Å²) in [4.78, 5) is 19.6. The molecule has 0 atom stereocenters. The first-order chi connectivity index (χ1) is 9.31. The van der Waals surface area contributed by atoms with E-state index in [0.717, 1.165) is 0 Å². The normalized spacial score (nSPS) is 9.53. The highest BCUT2D eigenvalue weighted by molar-refractivity contribution is 5.96. The Morgan fingerprint density at radius 2 is 2.42 bits per heavy atom. The highest BCUT2D eigenvalue weighted by Gasteiger charge is 2.10. The quantitative estimate of drug-likeness (QED) is 0.735. The van der Waals surface area contributed by atoms with Gasteiger partial charge in [-0.15, -0.1) is 0 Å². The first-order valence-corrected chi connectivity index (χ1v) is 5.38. The smallest absolute Gasteiger partial charge is 0.253 e. The largest absolute Gasteiger partial charge is 0.384 e. The van der Waals surface area contributed by atoms with Gasteiger partial charge in [-0.1, -0.05) is 17.0 Å². The molecule has 0 saturated heterocycles. The van der Waals surface area contributed by atoms with Crippen LogP contribution in [-0.4, -0.2) is 32.7 Å². The molecule has 2 aromatic rings. The second kappa shape index (κ2) is 6.28. The van der Waals surface area contributed by atoms with E-state index in [4.69, 9.17) is 5.11 Å². The maximum absolute atomic E-state index is 12.0. The summed E-state index contributed by atoms with van der Waals surface area (Å²) < 4.78 is 4.56. The molecule has 0 bridgehead atoms. The van der Waals surface area contributed by atoms with E-state index in [1.807, 2.05) is 0 Å². The molecule has 2 heterocycles. The van der Waals surface area contributed by atoms with Crippen molar-refractivity contribution < 1.29 is 14.4 Å². The third kappa shape index (κ3) is 3.37. The van der Waals surface area contributed by atoms with Gasteiger partial charge in [-0.25, -0.2) is 0 Å². The number of carbonyl (C=O) groups excluding carboxylic acids is 1. The number of aliphatic hydroxyl groups excluding tert-OH is 1. The second-order valence-corrected chi connectivity index (χ2v) is 3.41. The number of rotatable bonds is 3. The number of hydrogen-bond acceptors (Lipinski definition) is 6. The van der Waals surface area contributed by atoms with Crippen molar-refractivity contribution in [2.75, 3.05) is 6.61 Å². The predicted molar refractivity (Wildman–Crippen MR) is 63.7 cm³/mol. The Morgan fingerprint density at radius 3 is 3.16 bits per heavy atom. The number of hydrogen-bond donors (Lipinski definition) is 2. The molecule has 0 fully saturated rings. The third-order valence-corrected chi connectivity index (χ3v) is 2.18. The van der Waals surface area contributed by atoms with E-state index in [0.29, 0.717) is 17.0 Å². The monoisotopic (exact) mass is 258 g/mol. The van der Waals surface area contributed by atoms with Crippen molar-refractivity contribution in [3.05, 3.63) is 41.8 Å². The molecular weight excluding hydrogens is 248 g/mol. The molecule has 0 aliphatic rings. The van der Waals surface area contributed by atoms with Crippen LogP contribution < -0.4 is 5.32 Å². The third-order valence-electron chi connectivity index (χ3n) is 2.18. The highest BCUT2D eigenvalue weighted by Crippen LogP contribution is 2.05. The lowest BCUT2D eigenvalue weighted by atomic mass is 10.1. The Balaban J connectivity index is 2.10. The zero-order valence-corrected chi connectivity index (χ0v) is 9.83. The highest BCUT2D eigenvalue weighted by atomic mass is 16.5. The molecule has 0 aliphatic carbocycles. The molecule has 2 aromatic heterocycles. The fraction of sp³-hybridized carbons (Fsp3) is 0.167. The maximum Gasteiger partial charge on any atom is 0.253 e. The van der Waals surface area contributed by atoms with Gasteiger partial charge in [0.2, 0.25) is 6.39 Å². The second-order valence-electron chi connectivity index (χ2n) is 3.41. The van der Waals surface area contributed by atoms with E-state index in [2.05, 4.69) is 36.8 Å². The van der Waals surface area contributed by atoms with E-state index in [1.165, 1.54) is 18.8 Å². The van der Waals surface area contributed by atoms with Crippen molar-refractivity contribution >= 4 is 5.91 Å². The van der Waals surface area contributed by atoms with Crippen LogP contribution in [0.1, 0.15) is 21.7 Å². The molecule has 0 aliphatic heterocycles. The Morgan fingerprint density at radius 1 is 1.53 bits per heavy atom. The van der Waals surface area contributed by atoms with Crippen molar-refractivity contribution in [2.45, 2.75) is 6.54 Å². The summed E-state index contributed by atoms with van der Waals surface area (Å²) in [5.41, 5.74) is 0.821. The van der Waals surface area contributed by atoms with Gasteiger partial charge >= 0.3 is 0 Å². The molecule has 1 amide bonds. The van der Waals surface area contributed by atoms with Crippen LogP contribution in [0, 0.1) is 11.8 Å². The van der Waals surface area contributed by atoms with E-state index >= 15 is 0 Å². The molecule has 0 aromatic carbocycles. The van der Waals surface area contributed by atoms with Gasteiger partial charge in [-0.3, -0.25) is 9.78 Å². The zero-order valence-electron chi connectivity index (χ0n) is 9.83. The molecule has 0 spiro atoms. The zero-order chi connectivity index (χ0) is 13.5. The lowest BCUT2D eigenvalue weighted by molar-refractivity contribution is 0.0949. The summed E-state index contributed by atoms with van der Waals surface area (Å²) in [6, 6.07) is 1.55. The van der Waals surface area contributed by atoms with Gasteiger partial charge in [0.15, 0.2) is 5.82 Å². The van der Waals surface area contributed by atoms with Crippen LogP contribution in [0.3, 0.4) is 0 Å². The van der Waals surface area contributed by atoms with Crippen LogP contribution >= 0.6 is 0 Å². The number of aliphatic hydroxyl groups is 1. The molecule has 0 radical (unpaired) electrons. The van der Waals surface area contributed by atoms with Crippen molar-refractivity contribution in [1.82, 2.24) is 20.4 Å². The molecule has 19 heavy (non-hydrogen) atoms. The van der Waals surface area contributed by atoms with Crippen LogP contribution in [0.5, 0.6) is 0 Å². The Labute approximate surface area is 108 Å². The molecule has 96 valence electrons. The van der Waals surface area contributed by atoms with Crippen molar-refractivity contribution in [1.29, 1.82) is 0 Å². The van der Waals surface area contributed by atoms with Crippen LogP contribution in [0.4, 0.5) is 0 Å². The fourth-order valence-corrected chi connectivity index (χ4v) is 1.35. The summed E-state index contributed by atoms with van der Waals surface area (Å²) in [6.07, 6.45) is 4.14. The number of amides is 1. The van der Waals surface area contributed by atoms with Crippen LogP contribution in [0.25, 0.3) is 0 Å². The number of carbonyl (C=O) groups is 1. The van der Waals surface area contributed by atoms with Gasteiger partial charge in [-0.05, 0) is 6.07 Å². The SMILES string of the molecule is O=C(NCc1ncon1)c1ccncc1C#CCO. The fourth-order valence-electron chi connectivity index (χ4n) is 1.35. The molecule has 2 N–H and O–H groups in total. The minimum Gasteiger partial charge on any atom is -0.384 e. The first kappa shape index (κ1) is 12.7. The van der Waals surface area contributed by atoms with E-state index < -0.39 is 0 Å². The van der Waals surface area contributed by atoms with E-state index in [1.54, 1.807) is 6.07 Å². The molecule has 0 unspecified atom stereocenters. The Hall–Kier alpha value is -2.72. The number of pyridine rings is 1. The molecule has 0 saturated carbocycles. The molecule has 7 nitrogen and oxygen atoms in total. The van der Waals surface area contributed by atoms with Crippen LogP contribution in [0.2, 0.25) is 0 Å². The van der Waals surface area contributed by atoms with Gasteiger partial charge in [-0.2, -0.15) is 4.98 Å². The Bertz CT molecular complexity index is 613. The summed E-state index contributed by atoms with van der Waals surface area (Å²) in [5, 5.41) is 14.9.